The molecule has 4 rings (SSSR count). The van der Waals surface area contributed by atoms with E-state index >= 15 is 0 Å². The number of hydrogen-bond donors (Lipinski definition) is 3. The number of aromatic nitrogens is 2. The third-order valence-corrected chi connectivity index (χ3v) is 5.30. The molecule has 1 aromatic heterocycles. The van der Waals surface area contributed by atoms with Gasteiger partial charge in [0, 0.05) is 49.8 Å². The van der Waals surface area contributed by atoms with E-state index in [1.54, 1.807) is 9.58 Å². The van der Waals surface area contributed by atoms with E-state index in [1.807, 2.05) is 0 Å². The first-order chi connectivity index (χ1) is 13.5. The largest absolute Gasteiger partial charge is 0.396 e. The average Bonchev–Trinajstić information content (AvgIpc) is 2.96. The Balaban J connectivity index is 1.54. The molecule has 10 heteroatoms. The highest BCUT2D eigenvalue weighted by Crippen LogP contribution is 2.26. The van der Waals surface area contributed by atoms with Crippen molar-refractivity contribution in [2.24, 2.45) is 5.92 Å². The molecule has 3 N–H and O–H groups in total. The molecule has 1 aromatic carbocycles. The zero-order chi connectivity index (χ0) is 19.8. The van der Waals surface area contributed by atoms with E-state index < -0.39 is 5.82 Å². The molecule has 0 bridgehead atoms. The molecule has 0 fully saturated rings. The topological polar surface area (TPSA) is 99.5 Å². The molecule has 2 aliphatic rings. The van der Waals surface area contributed by atoms with Gasteiger partial charge in [-0.3, -0.25) is 9.48 Å². The van der Waals surface area contributed by atoms with E-state index in [9.17, 15) is 19.1 Å². The first-order valence-corrected chi connectivity index (χ1v) is 9.32. The maximum atomic E-state index is 13.3. The Morgan fingerprint density at radius 2 is 2.29 bits per heavy atom. The lowest BCUT2D eigenvalue weighted by Gasteiger charge is -2.27. The summed E-state index contributed by atoms with van der Waals surface area (Å²) in [5.41, 5.74) is 2.33. The summed E-state index contributed by atoms with van der Waals surface area (Å²) in [5, 5.41) is 19.4. The third kappa shape index (κ3) is 3.43. The Morgan fingerprint density at radius 1 is 1.46 bits per heavy atom. The maximum absolute atomic E-state index is 13.3. The Morgan fingerprint density at radius 3 is 3.04 bits per heavy atom. The van der Waals surface area contributed by atoms with Gasteiger partial charge in [-0.1, -0.05) is 11.6 Å². The van der Waals surface area contributed by atoms with E-state index in [1.165, 1.54) is 18.2 Å². The standard InChI is InChI=1S/C18H19ClFN5O3/c19-13-5-11(1-2-14(13)20)22-18(28)24-4-3-15-12(8-24)16-17(27)21-6-10(9-26)7-25(16)23-15/h1-2,5,10,26H,3-4,6-9H2,(H,21,27)(H,22,28). The molecule has 0 radical (unpaired) electrons. The quantitative estimate of drug-likeness (QED) is 0.704. The van der Waals surface area contributed by atoms with Crippen molar-refractivity contribution in [3.05, 3.63) is 46.0 Å². The average molecular weight is 408 g/mol. The van der Waals surface area contributed by atoms with Crippen molar-refractivity contribution in [1.29, 1.82) is 0 Å². The molecule has 0 saturated carbocycles. The number of aliphatic hydroxyl groups excluding tert-OH is 1. The third-order valence-electron chi connectivity index (χ3n) is 5.02. The summed E-state index contributed by atoms with van der Waals surface area (Å²) in [6.45, 7) is 1.46. The number of carbonyl (C=O) groups excluding carboxylic acids is 2. The number of halogens is 2. The van der Waals surface area contributed by atoms with Crippen LogP contribution in [0.4, 0.5) is 14.9 Å². The van der Waals surface area contributed by atoms with Crippen molar-refractivity contribution >= 4 is 29.2 Å². The number of carbonyl (C=O) groups is 2. The van der Waals surface area contributed by atoms with E-state index in [-0.39, 0.29) is 36.0 Å². The second-order valence-corrected chi connectivity index (χ2v) is 7.35. The predicted molar refractivity (Wildman–Crippen MR) is 99.7 cm³/mol. The van der Waals surface area contributed by atoms with Gasteiger partial charge in [-0.05, 0) is 18.2 Å². The van der Waals surface area contributed by atoms with Gasteiger partial charge < -0.3 is 20.6 Å². The maximum Gasteiger partial charge on any atom is 0.322 e. The number of benzene rings is 1. The SMILES string of the molecule is O=C1NCC(CO)Cn2nc3c(c21)CN(C(=O)Nc1ccc(F)c(Cl)c1)CC3. The predicted octanol–water partition coefficient (Wildman–Crippen LogP) is 1.62. The highest BCUT2D eigenvalue weighted by atomic mass is 35.5. The Bertz CT molecular complexity index is 948. The molecule has 8 nitrogen and oxygen atoms in total. The summed E-state index contributed by atoms with van der Waals surface area (Å²) in [6, 6.07) is 3.60. The molecule has 2 aliphatic heterocycles. The van der Waals surface area contributed by atoms with Crippen molar-refractivity contribution < 1.29 is 19.1 Å². The Kier molecular flexibility index (Phi) is 4.94. The number of fused-ring (bicyclic) bond motifs is 3. The van der Waals surface area contributed by atoms with E-state index in [0.717, 1.165) is 11.3 Å². The van der Waals surface area contributed by atoms with Crippen LogP contribution in [0.15, 0.2) is 18.2 Å². The minimum Gasteiger partial charge on any atom is -0.396 e. The van der Waals surface area contributed by atoms with Gasteiger partial charge in [0.15, 0.2) is 0 Å². The molecule has 0 spiro atoms. The van der Waals surface area contributed by atoms with Crippen LogP contribution >= 0.6 is 11.6 Å². The van der Waals surface area contributed by atoms with Crippen LogP contribution in [-0.4, -0.2) is 51.4 Å². The fourth-order valence-corrected chi connectivity index (χ4v) is 3.70. The van der Waals surface area contributed by atoms with Crippen molar-refractivity contribution in [2.45, 2.75) is 19.5 Å². The fourth-order valence-electron chi connectivity index (χ4n) is 3.51. The lowest BCUT2D eigenvalue weighted by Crippen LogP contribution is -2.39. The van der Waals surface area contributed by atoms with Crippen molar-refractivity contribution in [2.75, 3.05) is 25.0 Å². The first kappa shape index (κ1) is 18.7. The monoisotopic (exact) mass is 407 g/mol. The molecule has 148 valence electrons. The Hall–Kier alpha value is -2.65. The smallest absolute Gasteiger partial charge is 0.322 e. The van der Waals surface area contributed by atoms with Crippen molar-refractivity contribution in [3.63, 3.8) is 0 Å². The van der Waals surface area contributed by atoms with Crippen molar-refractivity contribution in [1.82, 2.24) is 20.0 Å². The zero-order valence-corrected chi connectivity index (χ0v) is 15.7. The van der Waals surface area contributed by atoms with Gasteiger partial charge in [0.2, 0.25) is 0 Å². The van der Waals surface area contributed by atoms with Crippen LogP contribution in [0, 0.1) is 11.7 Å². The molecule has 1 unspecified atom stereocenters. The second-order valence-electron chi connectivity index (χ2n) is 6.95. The van der Waals surface area contributed by atoms with Crippen LogP contribution in [0.5, 0.6) is 0 Å². The van der Waals surface area contributed by atoms with Crippen LogP contribution in [0.2, 0.25) is 5.02 Å². The lowest BCUT2D eigenvalue weighted by molar-refractivity contribution is 0.0942. The molecular formula is C18H19ClFN5O3. The van der Waals surface area contributed by atoms with Gasteiger partial charge >= 0.3 is 6.03 Å². The number of nitrogens with one attached hydrogen (secondary N) is 2. The summed E-state index contributed by atoms with van der Waals surface area (Å²) in [4.78, 5) is 26.7. The van der Waals surface area contributed by atoms with Crippen LogP contribution < -0.4 is 10.6 Å². The second kappa shape index (κ2) is 7.40. The summed E-state index contributed by atoms with van der Waals surface area (Å²) >= 11 is 5.76. The van der Waals surface area contributed by atoms with Crippen LogP contribution in [0.1, 0.15) is 21.7 Å². The fraction of sp³-hybridized carbons (Fsp3) is 0.389. The van der Waals surface area contributed by atoms with E-state index in [0.29, 0.717) is 37.4 Å². The lowest BCUT2D eigenvalue weighted by atomic mass is 10.1. The van der Waals surface area contributed by atoms with Crippen LogP contribution in [0.25, 0.3) is 0 Å². The van der Waals surface area contributed by atoms with Crippen molar-refractivity contribution in [3.8, 4) is 0 Å². The number of hydrogen-bond acceptors (Lipinski definition) is 4. The summed E-state index contributed by atoms with van der Waals surface area (Å²) < 4.78 is 14.9. The van der Waals surface area contributed by atoms with Gasteiger partial charge in [0.05, 0.1) is 17.3 Å². The highest BCUT2D eigenvalue weighted by molar-refractivity contribution is 6.31. The molecule has 28 heavy (non-hydrogen) atoms. The minimum atomic E-state index is -0.558. The summed E-state index contributed by atoms with van der Waals surface area (Å²) in [6.07, 6.45) is 0.518. The molecule has 3 heterocycles. The number of amides is 3. The number of rotatable bonds is 2. The first-order valence-electron chi connectivity index (χ1n) is 8.95. The van der Waals surface area contributed by atoms with Gasteiger partial charge in [-0.25, -0.2) is 9.18 Å². The number of anilines is 1. The van der Waals surface area contributed by atoms with Gasteiger partial charge in [0.25, 0.3) is 5.91 Å². The minimum absolute atomic E-state index is 0.0427. The molecule has 0 saturated heterocycles. The highest BCUT2D eigenvalue weighted by Gasteiger charge is 2.32. The number of nitrogens with zero attached hydrogens (tertiary/aromatic N) is 3. The van der Waals surface area contributed by atoms with E-state index in [4.69, 9.17) is 11.6 Å². The summed E-state index contributed by atoms with van der Waals surface area (Å²) in [7, 11) is 0. The molecular weight excluding hydrogens is 389 g/mol. The number of aliphatic hydroxyl groups is 1. The van der Waals surface area contributed by atoms with E-state index in [2.05, 4.69) is 15.7 Å². The molecule has 0 aliphatic carbocycles. The number of urea groups is 1. The Labute approximate surface area is 165 Å². The van der Waals surface area contributed by atoms with Gasteiger partial charge in [0.1, 0.15) is 11.5 Å². The zero-order valence-electron chi connectivity index (χ0n) is 14.9. The molecule has 2 aromatic rings. The summed E-state index contributed by atoms with van der Waals surface area (Å²) in [5.74, 6) is -0.913. The normalized spacial score (nSPS) is 18.8. The van der Waals surface area contributed by atoms with Gasteiger partial charge in [-0.15, -0.1) is 0 Å². The molecule has 1 atom stereocenters. The van der Waals surface area contributed by atoms with Crippen LogP contribution in [-0.2, 0) is 19.5 Å². The van der Waals surface area contributed by atoms with Gasteiger partial charge in [-0.2, -0.15) is 5.10 Å². The van der Waals surface area contributed by atoms with Crippen LogP contribution in [0.3, 0.4) is 0 Å². The molecule has 3 amide bonds.